The fourth-order valence-corrected chi connectivity index (χ4v) is 7.77. The molecule has 0 N–H and O–H groups in total. The molecule has 0 atom stereocenters. The molecule has 2 aromatic rings. The number of hydrogen-bond donors (Lipinski definition) is 2. The van der Waals surface area contributed by atoms with E-state index >= 15 is 0 Å². The highest BCUT2D eigenvalue weighted by Crippen LogP contribution is 2.64. The van der Waals surface area contributed by atoms with Gasteiger partial charge in [0.2, 0.25) is 0 Å². The van der Waals surface area contributed by atoms with Crippen molar-refractivity contribution >= 4 is 37.2 Å². The summed E-state index contributed by atoms with van der Waals surface area (Å²) in [4.78, 5) is 26.6. The number of thiol groups is 2. The first kappa shape index (κ1) is 35.0. The van der Waals surface area contributed by atoms with E-state index in [1.807, 2.05) is 24.3 Å². The zero-order valence-corrected chi connectivity index (χ0v) is 29.0. The van der Waals surface area contributed by atoms with E-state index in [0.29, 0.717) is 36.2 Å². The Hall–Kier alpha value is -2.32. The van der Waals surface area contributed by atoms with Gasteiger partial charge in [-0.05, 0) is 49.3 Å². The van der Waals surface area contributed by atoms with E-state index in [2.05, 4.69) is 25.3 Å². The Bertz CT molecular complexity index is 1180. The third-order valence-electron chi connectivity index (χ3n) is 9.84. The highest BCUT2D eigenvalue weighted by atomic mass is 32.1. The molecule has 46 heavy (non-hydrogen) atoms. The van der Waals surface area contributed by atoms with Crippen LogP contribution in [0.15, 0.2) is 36.4 Å². The van der Waals surface area contributed by atoms with Crippen molar-refractivity contribution in [1.82, 2.24) is 0 Å². The summed E-state index contributed by atoms with van der Waals surface area (Å²) in [6.45, 7) is 1.27. The average molecular weight is 669 g/mol. The van der Waals surface area contributed by atoms with Gasteiger partial charge in [0.05, 0.1) is 25.0 Å². The van der Waals surface area contributed by atoms with Crippen LogP contribution in [-0.2, 0) is 9.59 Å². The van der Waals surface area contributed by atoms with Crippen molar-refractivity contribution in [3.05, 3.63) is 47.5 Å². The number of fused-ring (bicyclic) bond motifs is 8. The fraction of sp³-hybridized carbons (Fsp3) is 0.632. The van der Waals surface area contributed by atoms with Gasteiger partial charge < -0.3 is 18.9 Å². The quantitative estimate of drug-likeness (QED) is 0.0564. The van der Waals surface area contributed by atoms with Crippen LogP contribution in [0.4, 0.5) is 0 Å². The number of ether oxygens (including phenoxy) is 4. The van der Waals surface area contributed by atoms with Crippen molar-refractivity contribution in [2.24, 2.45) is 11.8 Å². The molecular formula is C38H52O6S2. The largest absolute Gasteiger partial charge is 0.493 e. The van der Waals surface area contributed by atoms with Crippen molar-refractivity contribution in [2.75, 3.05) is 24.7 Å². The molecule has 2 heterocycles. The molecule has 6 nitrogen and oxygen atoms in total. The molecule has 0 aromatic heterocycles. The van der Waals surface area contributed by atoms with Crippen LogP contribution in [0.2, 0.25) is 0 Å². The summed E-state index contributed by atoms with van der Waals surface area (Å²) in [5.74, 6) is 2.48. The van der Waals surface area contributed by atoms with Crippen LogP contribution in [0, 0.1) is 11.8 Å². The Morgan fingerprint density at radius 1 is 0.478 bits per heavy atom. The summed E-state index contributed by atoms with van der Waals surface area (Å²) in [6.07, 6.45) is 19.4. The highest BCUT2D eigenvalue weighted by molar-refractivity contribution is 7.80. The maximum atomic E-state index is 13.3. The van der Waals surface area contributed by atoms with E-state index in [4.69, 9.17) is 18.9 Å². The van der Waals surface area contributed by atoms with Crippen LogP contribution in [-0.4, -0.2) is 36.7 Å². The summed E-state index contributed by atoms with van der Waals surface area (Å²) < 4.78 is 23.7. The molecule has 3 aliphatic rings. The number of rotatable bonds is 22. The number of carbonyl (C=O) groups is 2. The fourth-order valence-electron chi connectivity index (χ4n) is 7.33. The second-order valence-corrected chi connectivity index (χ2v) is 14.0. The first-order valence-corrected chi connectivity index (χ1v) is 19.1. The lowest BCUT2D eigenvalue weighted by molar-refractivity contribution is -0.161. The molecule has 0 spiro atoms. The third-order valence-corrected chi connectivity index (χ3v) is 10.5. The molecule has 1 fully saturated rings. The zero-order valence-electron chi connectivity index (χ0n) is 27.3. The standard InChI is InChI=1S/C38H52O6S2/c39-37-35-33(29-19-17-27(25-31(29)43-37)41-21-13-9-5-1-3-7-11-15-23-45)36-34(35)30-20-18-28(26-32(30)44-38(36)40)42-22-14-10-6-2-4-8-12-16-24-46/h17-20,25-26,33-36,45-46H,1-16,21-24H2. The Morgan fingerprint density at radius 3 is 1.20 bits per heavy atom. The first-order chi connectivity index (χ1) is 22.6. The lowest BCUT2D eigenvalue weighted by Gasteiger charge is -2.53. The van der Waals surface area contributed by atoms with E-state index in [1.165, 1.54) is 77.0 Å². The second kappa shape index (κ2) is 18.3. The minimum atomic E-state index is -0.404. The minimum Gasteiger partial charge on any atom is -0.493 e. The molecule has 252 valence electrons. The third kappa shape index (κ3) is 8.97. The monoisotopic (exact) mass is 668 g/mol. The predicted molar refractivity (Wildman–Crippen MR) is 189 cm³/mol. The molecule has 0 amide bonds. The Balaban J connectivity index is 1.08. The van der Waals surface area contributed by atoms with Crippen LogP contribution in [0.25, 0.3) is 0 Å². The van der Waals surface area contributed by atoms with Crippen LogP contribution in [0.1, 0.15) is 126 Å². The molecule has 1 aliphatic carbocycles. The van der Waals surface area contributed by atoms with Crippen LogP contribution < -0.4 is 18.9 Å². The van der Waals surface area contributed by atoms with E-state index in [1.54, 1.807) is 12.1 Å². The first-order valence-electron chi connectivity index (χ1n) is 17.8. The van der Waals surface area contributed by atoms with Gasteiger partial charge in [0, 0.05) is 35.1 Å². The van der Waals surface area contributed by atoms with Gasteiger partial charge in [-0.15, -0.1) is 0 Å². The van der Waals surface area contributed by atoms with E-state index in [-0.39, 0.29) is 23.8 Å². The topological polar surface area (TPSA) is 71.1 Å². The molecule has 2 aliphatic heterocycles. The Kier molecular flexibility index (Phi) is 13.9. The molecule has 0 bridgehead atoms. The Labute approximate surface area is 286 Å². The number of unbranched alkanes of at least 4 members (excludes halogenated alkanes) is 14. The van der Waals surface area contributed by atoms with E-state index in [0.717, 1.165) is 48.3 Å². The van der Waals surface area contributed by atoms with Crippen LogP contribution in [0.3, 0.4) is 0 Å². The summed E-state index contributed by atoms with van der Waals surface area (Å²) in [6, 6.07) is 11.4. The van der Waals surface area contributed by atoms with Gasteiger partial charge >= 0.3 is 11.9 Å². The number of benzene rings is 2. The average Bonchev–Trinajstić information content (AvgIpc) is 3.03. The zero-order chi connectivity index (χ0) is 32.1. The molecule has 1 saturated carbocycles. The molecule has 2 aromatic carbocycles. The number of carbonyl (C=O) groups excluding carboxylic acids is 2. The summed E-state index contributed by atoms with van der Waals surface area (Å²) in [7, 11) is 0. The van der Waals surface area contributed by atoms with Crippen LogP contribution in [0.5, 0.6) is 23.0 Å². The van der Waals surface area contributed by atoms with Crippen molar-refractivity contribution in [1.29, 1.82) is 0 Å². The molecule has 0 radical (unpaired) electrons. The maximum Gasteiger partial charge on any atom is 0.315 e. The van der Waals surface area contributed by atoms with Crippen molar-refractivity contribution in [3.8, 4) is 23.0 Å². The lowest BCUT2D eigenvalue weighted by atomic mass is 9.51. The molecule has 0 unspecified atom stereocenters. The van der Waals surface area contributed by atoms with Gasteiger partial charge in [0.25, 0.3) is 0 Å². The summed E-state index contributed by atoms with van der Waals surface area (Å²) >= 11 is 8.54. The number of hydrogen-bond acceptors (Lipinski definition) is 8. The van der Waals surface area contributed by atoms with E-state index in [9.17, 15) is 9.59 Å². The lowest BCUT2D eigenvalue weighted by Crippen LogP contribution is -2.56. The molecule has 8 heteroatoms. The SMILES string of the molecule is O=C1Oc2cc(OCCCCCCCCCCS)ccc2C2C1C1c3ccc(OCCCCCCCCCCS)cc3OC(=O)C21. The minimum absolute atomic E-state index is 0.248. The van der Waals surface area contributed by atoms with Gasteiger partial charge in [-0.1, -0.05) is 89.2 Å². The van der Waals surface area contributed by atoms with Gasteiger partial charge in [0.1, 0.15) is 23.0 Å². The number of esters is 2. The summed E-state index contributed by atoms with van der Waals surface area (Å²) in [5.41, 5.74) is 1.77. The highest BCUT2D eigenvalue weighted by Gasteiger charge is 2.64. The van der Waals surface area contributed by atoms with Gasteiger partial charge in [0.15, 0.2) is 0 Å². The molecule has 5 rings (SSSR count). The molecule has 0 saturated heterocycles. The van der Waals surface area contributed by atoms with Gasteiger partial charge in [-0.2, -0.15) is 25.3 Å². The van der Waals surface area contributed by atoms with Crippen molar-refractivity contribution < 1.29 is 28.5 Å². The molecular weight excluding hydrogens is 617 g/mol. The van der Waals surface area contributed by atoms with Gasteiger partial charge in [-0.25, -0.2) is 0 Å². The van der Waals surface area contributed by atoms with Crippen molar-refractivity contribution in [3.63, 3.8) is 0 Å². The second-order valence-electron chi connectivity index (χ2n) is 13.1. The van der Waals surface area contributed by atoms with Crippen molar-refractivity contribution in [2.45, 2.75) is 115 Å². The van der Waals surface area contributed by atoms with Crippen LogP contribution >= 0.6 is 25.3 Å². The van der Waals surface area contributed by atoms with E-state index < -0.39 is 11.8 Å². The predicted octanol–water partition coefficient (Wildman–Crippen LogP) is 9.50. The maximum absolute atomic E-state index is 13.3. The Morgan fingerprint density at radius 2 is 0.826 bits per heavy atom. The smallest absolute Gasteiger partial charge is 0.315 e. The van der Waals surface area contributed by atoms with Gasteiger partial charge in [-0.3, -0.25) is 9.59 Å². The normalized spacial score (nSPS) is 20.8. The summed E-state index contributed by atoms with van der Waals surface area (Å²) in [5, 5.41) is 0.